The lowest BCUT2D eigenvalue weighted by atomic mass is 10.5. The fourth-order valence-electron chi connectivity index (χ4n) is 1.05. The quantitative estimate of drug-likeness (QED) is 0.882. The summed E-state index contributed by atoms with van der Waals surface area (Å²) >= 11 is 3.23. The molecule has 0 bridgehead atoms. The van der Waals surface area contributed by atoms with Crippen LogP contribution in [-0.2, 0) is 11.5 Å². The van der Waals surface area contributed by atoms with E-state index in [2.05, 4.69) is 15.0 Å². The molecule has 0 radical (unpaired) electrons. The predicted molar refractivity (Wildman–Crippen MR) is 63.6 cm³/mol. The maximum Gasteiger partial charge on any atom is 0.180 e. The van der Waals surface area contributed by atoms with Gasteiger partial charge in [0.1, 0.15) is 0 Å². The first-order valence-electron chi connectivity index (χ1n) is 4.37. The van der Waals surface area contributed by atoms with Gasteiger partial charge in [0, 0.05) is 35.5 Å². The molecule has 2 N–H and O–H groups in total. The van der Waals surface area contributed by atoms with Crippen LogP contribution in [0.4, 0.5) is 5.13 Å². The lowest BCUT2D eigenvalue weighted by Crippen LogP contribution is -1.89. The Morgan fingerprint density at radius 3 is 2.80 bits per heavy atom. The number of nitrogens with zero attached hydrogens (tertiary/aromatic N) is 3. The van der Waals surface area contributed by atoms with Crippen LogP contribution in [0.1, 0.15) is 11.4 Å². The van der Waals surface area contributed by atoms with Gasteiger partial charge in [-0.15, -0.1) is 23.1 Å². The predicted octanol–water partition coefficient (Wildman–Crippen LogP) is 1.95. The fraction of sp³-hybridized carbons (Fsp3) is 0.222. The van der Waals surface area contributed by atoms with E-state index in [4.69, 9.17) is 5.73 Å². The Kier molecular flexibility index (Phi) is 3.52. The minimum absolute atomic E-state index is 0.630. The highest BCUT2D eigenvalue weighted by atomic mass is 32.2. The molecule has 6 heteroatoms. The van der Waals surface area contributed by atoms with Crippen molar-refractivity contribution in [2.75, 3.05) is 5.73 Å². The third-order valence-electron chi connectivity index (χ3n) is 1.69. The monoisotopic (exact) mass is 238 g/mol. The summed E-state index contributed by atoms with van der Waals surface area (Å²) in [6.07, 6.45) is 5.16. The minimum atomic E-state index is 0.630. The Bertz CT molecular complexity index is 415. The second-order valence-corrected chi connectivity index (χ2v) is 4.74. The van der Waals surface area contributed by atoms with E-state index in [1.54, 1.807) is 30.4 Å². The minimum Gasteiger partial charge on any atom is -0.375 e. The smallest absolute Gasteiger partial charge is 0.180 e. The topological polar surface area (TPSA) is 64.7 Å². The number of thioether (sulfide) groups is 1. The van der Waals surface area contributed by atoms with Crippen molar-refractivity contribution in [2.45, 2.75) is 11.5 Å². The van der Waals surface area contributed by atoms with Gasteiger partial charge in [-0.3, -0.25) is 9.97 Å². The van der Waals surface area contributed by atoms with Crippen molar-refractivity contribution in [3.8, 4) is 0 Å². The Labute approximate surface area is 96.0 Å². The van der Waals surface area contributed by atoms with Crippen LogP contribution in [0.2, 0.25) is 0 Å². The van der Waals surface area contributed by atoms with E-state index in [1.807, 2.05) is 5.38 Å². The Hall–Kier alpha value is -1.14. The van der Waals surface area contributed by atoms with Gasteiger partial charge in [0.25, 0.3) is 0 Å². The molecule has 0 aromatic carbocycles. The summed E-state index contributed by atoms with van der Waals surface area (Å²) < 4.78 is 0. The normalized spacial score (nSPS) is 10.4. The molecule has 0 aliphatic carbocycles. The number of thiazole rings is 1. The third kappa shape index (κ3) is 3.17. The van der Waals surface area contributed by atoms with Crippen molar-refractivity contribution in [2.24, 2.45) is 0 Å². The van der Waals surface area contributed by atoms with Crippen molar-refractivity contribution < 1.29 is 0 Å². The van der Waals surface area contributed by atoms with Crippen LogP contribution in [0.25, 0.3) is 0 Å². The van der Waals surface area contributed by atoms with Crippen LogP contribution in [-0.4, -0.2) is 15.0 Å². The molecule has 0 amide bonds. The number of anilines is 1. The standard InChI is InChI=1S/C9H10N4S2/c10-9-13-8(6-15-9)5-14-4-7-3-11-1-2-12-7/h1-3,6H,4-5H2,(H2,10,13). The number of nitrogens with two attached hydrogens (primary N) is 1. The molecule has 0 aliphatic rings. The number of hydrogen-bond acceptors (Lipinski definition) is 6. The zero-order valence-corrected chi connectivity index (χ0v) is 9.59. The van der Waals surface area contributed by atoms with Crippen LogP contribution < -0.4 is 5.73 Å². The van der Waals surface area contributed by atoms with Crippen LogP contribution in [0.5, 0.6) is 0 Å². The molecule has 0 spiro atoms. The van der Waals surface area contributed by atoms with E-state index in [-0.39, 0.29) is 0 Å². The molecule has 0 aliphatic heterocycles. The van der Waals surface area contributed by atoms with Gasteiger partial charge in [-0.25, -0.2) is 4.98 Å². The molecule has 4 nitrogen and oxygen atoms in total. The summed E-state index contributed by atoms with van der Waals surface area (Å²) in [6, 6.07) is 0. The molecule has 78 valence electrons. The lowest BCUT2D eigenvalue weighted by molar-refractivity contribution is 1.10. The molecule has 15 heavy (non-hydrogen) atoms. The number of aromatic nitrogens is 3. The van der Waals surface area contributed by atoms with E-state index < -0.39 is 0 Å². The molecule has 0 atom stereocenters. The second-order valence-electron chi connectivity index (χ2n) is 2.87. The average molecular weight is 238 g/mol. The second kappa shape index (κ2) is 5.09. The first-order valence-corrected chi connectivity index (χ1v) is 6.40. The largest absolute Gasteiger partial charge is 0.375 e. The van der Waals surface area contributed by atoms with Gasteiger partial charge in [0.2, 0.25) is 0 Å². The van der Waals surface area contributed by atoms with E-state index in [1.165, 1.54) is 11.3 Å². The summed E-state index contributed by atoms with van der Waals surface area (Å²) in [4.78, 5) is 12.4. The molecule has 2 heterocycles. The third-order valence-corrected chi connectivity index (χ3v) is 3.41. The van der Waals surface area contributed by atoms with Gasteiger partial charge < -0.3 is 5.73 Å². The summed E-state index contributed by atoms with van der Waals surface area (Å²) in [5.74, 6) is 1.72. The van der Waals surface area contributed by atoms with E-state index in [9.17, 15) is 0 Å². The van der Waals surface area contributed by atoms with Crippen molar-refractivity contribution >= 4 is 28.2 Å². The summed E-state index contributed by atoms with van der Waals surface area (Å²) in [5, 5.41) is 2.61. The van der Waals surface area contributed by atoms with Crippen LogP contribution in [0.15, 0.2) is 24.0 Å². The number of hydrogen-bond donors (Lipinski definition) is 1. The van der Waals surface area contributed by atoms with Crippen molar-refractivity contribution in [1.82, 2.24) is 15.0 Å². The van der Waals surface area contributed by atoms with Gasteiger partial charge in [-0.05, 0) is 0 Å². The SMILES string of the molecule is Nc1nc(CSCc2cnccn2)cs1. The molecule has 0 saturated carbocycles. The van der Waals surface area contributed by atoms with Gasteiger partial charge in [0.05, 0.1) is 11.4 Å². The lowest BCUT2D eigenvalue weighted by Gasteiger charge is -1.97. The molecule has 0 unspecified atom stereocenters. The molecule has 0 saturated heterocycles. The number of rotatable bonds is 4. The molecular weight excluding hydrogens is 228 g/mol. The highest BCUT2D eigenvalue weighted by molar-refractivity contribution is 7.97. The number of nitrogen functional groups attached to an aromatic ring is 1. The van der Waals surface area contributed by atoms with E-state index in [0.717, 1.165) is 22.9 Å². The van der Waals surface area contributed by atoms with E-state index in [0.29, 0.717) is 5.13 Å². The molecule has 2 rings (SSSR count). The Morgan fingerprint density at radius 2 is 2.13 bits per heavy atom. The maximum atomic E-state index is 5.54. The molecular formula is C9H10N4S2. The average Bonchev–Trinajstić information content (AvgIpc) is 2.66. The van der Waals surface area contributed by atoms with Gasteiger partial charge >= 0.3 is 0 Å². The maximum absolute atomic E-state index is 5.54. The van der Waals surface area contributed by atoms with Crippen molar-refractivity contribution in [3.05, 3.63) is 35.4 Å². The van der Waals surface area contributed by atoms with Crippen LogP contribution in [0.3, 0.4) is 0 Å². The zero-order chi connectivity index (χ0) is 10.5. The van der Waals surface area contributed by atoms with Gasteiger partial charge in [-0.1, -0.05) is 0 Å². The van der Waals surface area contributed by atoms with Gasteiger partial charge in [-0.2, -0.15) is 0 Å². The Morgan fingerprint density at radius 1 is 1.27 bits per heavy atom. The Balaban J connectivity index is 1.80. The van der Waals surface area contributed by atoms with Crippen molar-refractivity contribution in [1.29, 1.82) is 0 Å². The van der Waals surface area contributed by atoms with E-state index >= 15 is 0 Å². The van der Waals surface area contributed by atoms with Crippen molar-refractivity contribution in [3.63, 3.8) is 0 Å². The fourth-order valence-corrected chi connectivity index (χ4v) is 2.54. The first-order chi connectivity index (χ1) is 7.34. The summed E-state index contributed by atoms with van der Waals surface area (Å²) in [6.45, 7) is 0. The zero-order valence-electron chi connectivity index (χ0n) is 7.96. The van der Waals surface area contributed by atoms with Gasteiger partial charge in [0.15, 0.2) is 5.13 Å². The highest BCUT2D eigenvalue weighted by Gasteiger charge is 2.00. The summed E-state index contributed by atoms with van der Waals surface area (Å²) in [5.41, 5.74) is 7.56. The molecule has 2 aromatic rings. The highest BCUT2D eigenvalue weighted by Crippen LogP contribution is 2.19. The van der Waals surface area contributed by atoms with Crippen LogP contribution in [0, 0.1) is 0 Å². The summed E-state index contributed by atoms with van der Waals surface area (Å²) in [7, 11) is 0. The first kappa shape index (κ1) is 10.4. The molecule has 0 fully saturated rings. The molecule has 2 aromatic heterocycles. The van der Waals surface area contributed by atoms with Crippen LogP contribution >= 0.6 is 23.1 Å².